The minimum atomic E-state index is -4.94. The number of halogens is 1. The van der Waals surface area contributed by atoms with Gasteiger partial charge in [0.15, 0.2) is 0 Å². The van der Waals surface area contributed by atoms with Gasteiger partial charge in [-0.2, -0.15) is 4.58 Å². The van der Waals surface area contributed by atoms with Crippen molar-refractivity contribution in [3.8, 4) is 0 Å². The van der Waals surface area contributed by atoms with Crippen LogP contribution in [0.25, 0.3) is 0 Å². The molecule has 0 spiro atoms. The third-order valence-electron chi connectivity index (χ3n) is 10.3. The van der Waals surface area contributed by atoms with E-state index in [4.69, 9.17) is 18.6 Å². The Balaban J connectivity index is 0.000000839. The van der Waals surface area contributed by atoms with Gasteiger partial charge in [0.2, 0.25) is 17.1 Å². The summed E-state index contributed by atoms with van der Waals surface area (Å²) in [7, 11) is -0.542. The summed E-state index contributed by atoms with van der Waals surface area (Å²) in [6.45, 7) is 9.37. The van der Waals surface area contributed by atoms with E-state index in [0.29, 0.717) is 0 Å². The lowest BCUT2D eigenvalue weighted by Gasteiger charge is -2.24. The fourth-order valence-electron chi connectivity index (χ4n) is 7.85. The first kappa shape index (κ1) is 36.0. The normalized spacial score (nSPS) is 20.5. The van der Waals surface area contributed by atoms with E-state index in [-0.39, 0.29) is 10.8 Å². The Morgan fingerprint density at radius 1 is 0.529 bits per heavy atom. The number of para-hydroxylation sites is 4. The number of anilines is 2. The highest BCUT2D eigenvalue weighted by Gasteiger charge is 2.40. The minimum Gasteiger partial charge on any atom is -0.347 e. The average Bonchev–Trinajstić information content (AvgIpc) is 3.65. The number of hydrogen-bond acceptors (Lipinski definition) is 6. The molecule has 8 heteroatoms. The summed E-state index contributed by atoms with van der Waals surface area (Å²) >= 11 is 0. The zero-order valence-corrected chi connectivity index (χ0v) is 30.7. The molecule has 262 valence electrons. The second-order valence-electron chi connectivity index (χ2n) is 14.1. The van der Waals surface area contributed by atoms with Gasteiger partial charge in [-0.25, -0.2) is 18.6 Å². The maximum absolute atomic E-state index is 8.49. The quantitative estimate of drug-likeness (QED) is 0.262. The van der Waals surface area contributed by atoms with Gasteiger partial charge in [0.25, 0.3) is 0 Å². The van der Waals surface area contributed by atoms with Gasteiger partial charge in [-0.15, -0.1) is 10.2 Å². The molecule has 2 aliphatic heterocycles. The molecule has 7 rings (SSSR count). The van der Waals surface area contributed by atoms with E-state index in [1.165, 1.54) is 62.1 Å². The molecule has 0 bridgehead atoms. The SMILES string of the molecule is CN1C(=CC=C2CC/C(=C\C=C3\N(C)c4ccccc4C3(C)C)C2=[N+](c2ccccc2)c2ccccc2)C(C)(C)c2ccccc21.[O-][Cl+3]([O-])([O-])[O-]. The van der Waals surface area contributed by atoms with Crippen LogP contribution in [0, 0.1) is 10.2 Å². The van der Waals surface area contributed by atoms with Crippen LogP contribution in [-0.4, -0.2) is 19.8 Å². The van der Waals surface area contributed by atoms with Crippen LogP contribution in [0.1, 0.15) is 51.7 Å². The third kappa shape index (κ3) is 7.22. The molecule has 1 fully saturated rings. The van der Waals surface area contributed by atoms with Crippen LogP contribution >= 0.6 is 0 Å². The number of hydrogen-bond donors (Lipinski definition) is 0. The smallest absolute Gasteiger partial charge is 0.218 e. The zero-order valence-electron chi connectivity index (χ0n) is 30.0. The van der Waals surface area contributed by atoms with Crippen molar-refractivity contribution in [2.45, 2.75) is 51.4 Å². The molecule has 0 radical (unpaired) electrons. The number of fused-ring (bicyclic) bond motifs is 2. The van der Waals surface area contributed by atoms with Gasteiger partial charge in [-0.1, -0.05) is 113 Å². The number of nitrogens with zero attached hydrogens (tertiary/aromatic N) is 3. The average molecular weight is 702 g/mol. The molecule has 4 aromatic rings. The number of benzene rings is 4. The van der Waals surface area contributed by atoms with Gasteiger partial charge >= 0.3 is 0 Å². The van der Waals surface area contributed by atoms with Gasteiger partial charge < -0.3 is 9.80 Å². The molecule has 0 aromatic heterocycles. The monoisotopic (exact) mass is 701 g/mol. The van der Waals surface area contributed by atoms with Gasteiger partial charge in [0.05, 0.1) is 0 Å². The molecule has 0 atom stereocenters. The molecule has 3 aliphatic rings. The fraction of sp³-hybridized carbons (Fsp3) is 0.233. The maximum Gasteiger partial charge on any atom is 0.218 e. The van der Waals surface area contributed by atoms with Gasteiger partial charge in [0.1, 0.15) is 0 Å². The molecule has 51 heavy (non-hydrogen) atoms. The molecular weight excluding hydrogens is 658 g/mol. The van der Waals surface area contributed by atoms with E-state index in [0.717, 1.165) is 12.8 Å². The molecular formula is C43H44ClN3O4. The van der Waals surface area contributed by atoms with Crippen LogP contribution in [0.3, 0.4) is 0 Å². The van der Waals surface area contributed by atoms with E-state index in [2.05, 4.69) is 190 Å². The molecule has 0 unspecified atom stereocenters. The Bertz CT molecular complexity index is 1930. The van der Waals surface area contributed by atoms with Crippen LogP contribution in [0.2, 0.25) is 0 Å². The van der Waals surface area contributed by atoms with E-state index in [1.54, 1.807) is 0 Å². The largest absolute Gasteiger partial charge is 0.347 e. The molecule has 4 aromatic carbocycles. The molecule has 1 aliphatic carbocycles. The highest BCUT2D eigenvalue weighted by molar-refractivity contribution is 6.17. The van der Waals surface area contributed by atoms with Crippen LogP contribution in [0.15, 0.2) is 156 Å². The maximum atomic E-state index is 8.49. The second kappa shape index (κ2) is 14.1. The standard InChI is InChI=1S/C43H44N3.ClHO4/c1-42(2)35-21-13-15-23-37(35)44(5)39(42)29-27-31-25-26-32(28-30-40-43(3,4)36-22-14-16-24-38(36)45(40)6)41(31)46(33-17-9-7-10-18-33)34-19-11-8-12-20-34;2-1(3,4)5/h7-24,27-30H,25-26H2,1-6H3;(H,2,3,4,5)/q+1;/p-1. The summed E-state index contributed by atoms with van der Waals surface area (Å²) in [6, 6.07) is 39.2. The van der Waals surface area contributed by atoms with Crippen molar-refractivity contribution < 1.29 is 28.9 Å². The van der Waals surface area contributed by atoms with Crippen molar-refractivity contribution in [2.75, 3.05) is 23.9 Å². The number of rotatable bonds is 4. The van der Waals surface area contributed by atoms with Crippen LogP contribution in [0.5, 0.6) is 0 Å². The molecule has 1 saturated carbocycles. The van der Waals surface area contributed by atoms with Crippen molar-refractivity contribution in [2.24, 2.45) is 0 Å². The fourth-order valence-corrected chi connectivity index (χ4v) is 7.85. The van der Waals surface area contributed by atoms with Crippen LogP contribution in [-0.2, 0) is 10.8 Å². The Morgan fingerprint density at radius 3 is 1.22 bits per heavy atom. The number of allylic oxidation sites excluding steroid dienone is 8. The van der Waals surface area contributed by atoms with Gasteiger partial charge in [-0.3, -0.25) is 0 Å². The van der Waals surface area contributed by atoms with Crippen molar-refractivity contribution in [1.29, 1.82) is 0 Å². The summed E-state index contributed by atoms with van der Waals surface area (Å²) in [5, 5.41) is 0. The highest BCUT2D eigenvalue weighted by Crippen LogP contribution is 2.48. The molecule has 0 saturated heterocycles. The first-order chi connectivity index (χ1) is 24.2. The Labute approximate surface area is 303 Å². The summed E-state index contributed by atoms with van der Waals surface area (Å²) in [5.74, 6) is 0. The molecule has 0 N–H and O–H groups in total. The zero-order chi connectivity index (χ0) is 36.6. The van der Waals surface area contributed by atoms with Crippen molar-refractivity contribution in [3.05, 3.63) is 167 Å². The lowest BCUT2D eigenvalue weighted by Crippen LogP contribution is -2.68. The highest BCUT2D eigenvalue weighted by atomic mass is 35.7. The van der Waals surface area contributed by atoms with E-state index in [1.807, 2.05) is 0 Å². The minimum absolute atomic E-state index is 0.0730. The molecule has 0 amide bonds. The Morgan fingerprint density at radius 2 is 0.863 bits per heavy atom. The van der Waals surface area contributed by atoms with Gasteiger partial charge in [0, 0.05) is 83.1 Å². The first-order valence-electron chi connectivity index (χ1n) is 17.1. The van der Waals surface area contributed by atoms with Crippen molar-refractivity contribution in [1.82, 2.24) is 4.58 Å². The molecule has 7 nitrogen and oxygen atoms in total. The van der Waals surface area contributed by atoms with Crippen molar-refractivity contribution >= 4 is 28.5 Å². The van der Waals surface area contributed by atoms with Crippen LogP contribution in [0.4, 0.5) is 22.7 Å². The van der Waals surface area contributed by atoms with Gasteiger partial charge in [-0.05, 0) is 48.3 Å². The summed E-state index contributed by atoms with van der Waals surface area (Å²) in [6.07, 6.45) is 11.5. The Kier molecular flexibility index (Phi) is 9.97. The lowest BCUT2D eigenvalue weighted by atomic mass is 9.83. The van der Waals surface area contributed by atoms with E-state index >= 15 is 0 Å². The summed E-state index contributed by atoms with van der Waals surface area (Å²) in [5.41, 5.74) is 14.1. The molecule has 2 heterocycles. The summed E-state index contributed by atoms with van der Waals surface area (Å²) in [4.78, 5) is 4.73. The summed E-state index contributed by atoms with van der Waals surface area (Å²) < 4.78 is 36.4. The topological polar surface area (TPSA) is 102 Å². The first-order valence-corrected chi connectivity index (χ1v) is 18.3. The van der Waals surface area contributed by atoms with Crippen LogP contribution < -0.4 is 33.0 Å². The predicted molar refractivity (Wildman–Crippen MR) is 197 cm³/mol. The Hall–Kier alpha value is -4.76. The second-order valence-corrected chi connectivity index (χ2v) is 14.9. The number of likely N-dealkylation sites (N-methyl/N-ethyl adjacent to an activating group) is 2. The third-order valence-corrected chi connectivity index (χ3v) is 10.3. The lowest BCUT2D eigenvalue weighted by molar-refractivity contribution is -2.00. The van der Waals surface area contributed by atoms with Crippen molar-refractivity contribution in [3.63, 3.8) is 0 Å². The van der Waals surface area contributed by atoms with E-state index in [9.17, 15) is 0 Å². The predicted octanol–water partition coefficient (Wildman–Crippen LogP) is 5.48. The van der Waals surface area contributed by atoms with E-state index < -0.39 is 10.2 Å².